The van der Waals surface area contributed by atoms with Crippen molar-refractivity contribution in [2.24, 2.45) is 0 Å². The van der Waals surface area contributed by atoms with E-state index in [0.717, 1.165) is 31.2 Å². The fourth-order valence-electron chi connectivity index (χ4n) is 5.51. The van der Waals surface area contributed by atoms with E-state index in [-0.39, 0.29) is 27.6 Å². The van der Waals surface area contributed by atoms with Crippen molar-refractivity contribution in [1.82, 2.24) is 20.3 Å². The van der Waals surface area contributed by atoms with Crippen LogP contribution in [0.2, 0.25) is 5.02 Å². The van der Waals surface area contributed by atoms with Gasteiger partial charge < -0.3 is 20.1 Å². The zero-order chi connectivity index (χ0) is 35.6. The lowest BCUT2D eigenvalue weighted by atomic mass is 9.91. The van der Waals surface area contributed by atoms with Gasteiger partial charge in [-0.15, -0.1) is 13.2 Å². The summed E-state index contributed by atoms with van der Waals surface area (Å²) in [4.78, 5) is 25.0. The monoisotopic (exact) mass is 720 g/mol. The van der Waals surface area contributed by atoms with Gasteiger partial charge in [-0.1, -0.05) is 30.7 Å². The summed E-state index contributed by atoms with van der Waals surface area (Å²) in [5.74, 6) is -0.825. The number of rotatable bonds is 9. The second kappa shape index (κ2) is 14.2. The molecule has 2 heterocycles. The van der Waals surface area contributed by atoms with E-state index in [0.29, 0.717) is 28.8 Å². The summed E-state index contributed by atoms with van der Waals surface area (Å²) in [7, 11) is -4.28. The maximum absolute atomic E-state index is 13.5. The molecule has 0 aliphatic heterocycles. The number of hydrogen-bond donors (Lipinski definition) is 3. The van der Waals surface area contributed by atoms with E-state index >= 15 is 0 Å². The van der Waals surface area contributed by atoms with Crippen LogP contribution in [0.15, 0.2) is 59.6 Å². The number of aromatic nitrogens is 3. The number of hydrogen-bond acceptors (Lipinski definition) is 9. The zero-order valence-electron chi connectivity index (χ0n) is 27.2. The average Bonchev–Trinajstić information content (AvgIpc) is 3.00. The maximum Gasteiger partial charge on any atom is 0.574 e. The van der Waals surface area contributed by atoms with Gasteiger partial charge in [-0.2, -0.15) is 4.98 Å². The van der Waals surface area contributed by atoms with Gasteiger partial charge in [0, 0.05) is 29.2 Å². The molecule has 1 fully saturated rings. The summed E-state index contributed by atoms with van der Waals surface area (Å²) < 4.78 is 78.2. The number of alkyl halides is 3. The molecule has 1 saturated carbocycles. The number of sulfonamides is 1. The molecule has 11 nitrogen and oxygen atoms in total. The molecule has 0 unspecified atom stereocenters. The van der Waals surface area contributed by atoms with Crippen molar-refractivity contribution in [3.8, 4) is 17.0 Å². The molecule has 49 heavy (non-hydrogen) atoms. The highest BCUT2D eigenvalue weighted by atomic mass is 35.5. The molecule has 3 N–H and O–H groups in total. The molecule has 1 aliphatic rings. The molecule has 1 amide bonds. The number of nitrogens with one attached hydrogen (secondary N) is 3. The summed E-state index contributed by atoms with van der Waals surface area (Å²) in [6, 6.07) is 11.6. The predicted molar refractivity (Wildman–Crippen MR) is 180 cm³/mol. The third-order valence-electron chi connectivity index (χ3n) is 7.67. The first-order valence-electron chi connectivity index (χ1n) is 15.6. The molecule has 262 valence electrons. The number of aryl methyl sites for hydroxylation is 1. The summed E-state index contributed by atoms with van der Waals surface area (Å²) in [5, 5.41) is 6.81. The number of anilines is 2. The zero-order valence-corrected chi connectivity index (χ0v) is 28.8. The summed E-state index contributed by atoms with van der Waals surface area (Å²) in [6.07, 6.45) is -0.388. The molecule has 16 heteroatoms. The molecule has 0 spiro atoms. The number of amides is 1. The number of fused-ring (bicyclic) bond motifs is 1. The van der Waals surface area contributed by atoms with Crippen LogP contribution < -0.4 is 20.1 Å². The van der Waals surface area contributed by atoms with E-state index in [4.69, 9.17) is 21.3 Å². The first-order valence-corrected chi connectivity index (χ1v) is 17.5. The quantitative estimate of drug-likeness (QED) is 0.157. The van der Waals surface area contributed by atoms with Crippen molar-refractivity contribution in [2.75, 3.05) is 10.0 Å². The Hall–Kier alpha value is -4.37. The van der Waals surface area contributed by atoms with Crippen LogP contribution in [-0.2, 0) is 21.2 Å². The lowest BCUT2D eigenvalue weighted by Crippen LogP contribution is -2.42. The van der Waals surface area contributed by atoms with Crippen molar-refractivity contribution in [1.29, 1.82) is 0 Å². The lowest BCUT2D eigenvalue weighted by Gasteiger charge is -2.30. The summed E-state index contributed by atoms with van der Waals surface area (Å²) in [6.45, 7) is 7.34. The molecule has 0 bridgehead atoms. The van der Waals surface area contributed by atoms with Gasteiger partial charge in [-0.05, 0) is 100 Å². The van der Waals surface area contributed by atoms with Gasteiger partial charge in [0.15, 0.2) is 0 Å². The van der Waals surface area contributed by atoms with Crippen LogP contribution >= 0.6 is 11.6 Å². The Balaban J connectivity index is 1.36. The van der Waals surface area contributed by atoms with E-state index in [2.05, 4.69) is 30.1 Å². The van der Waals surface area contributed by atoms with E-state index in [1.165, 1.54) is 30.3 Å². The Labute approximate surface area is 287 Å². The smallest absolute Gasteiger partial charge is 0.444 e. The predicted octanol–water partition coefficient (Wildman–Crippen LogP) is 7.85. The highest BCUT2D eigenvalue weighted by molar-refractivity contribution is 7.92. The number of nitrogens with zero attached hydrogens (tertiary/aromatic N) is 3. The van der Waals surface area contributed by atoms with Gasteiger partial charge >= 0.3 is 12.5 Å². The van der Waals surface area contributed by atoms with Crippen LogP contribution in [0.5, 0.6) is 5.88 Å². The Morgan fingerprint density at radius 2 is 1.69 bits per heavy atom. The number of carbonyl (C=O) groups excluding carboxylic acids is 1. The van der Waals surface area contributed by atoms with Crippen LogP contribution in [0.3, 0.4) is 0 Å². The highest BCUT2D eigenvalue weighted by Gasteiger charge is 2.34. The minimum absolute atomic E-state index is 0.00727. The second-order valence-electron chi connectivity index (χ2n) is 12.6. The van der Waals surface area contributed by atoms with Crippen molar-refractivity contribution in [3.05, 3.63) is 65.3 Å². The molecule has 1 aliphatic carbocycles. The Kier molecular flexibility index (Phi) is 10.4. The van der Waals surface area contributed by atoms with Gasteiger partial charge in [0.2, 0.25) is 11.8 Å². The fourth-order valence-corrected chi connectivity index (χ4v) is 7.03. The first kappa shape index (κ1) is 35.9. The Morgan fingerprint density at radius 1 is 1.00 bits per heavy atom. The molecular weight excluding hydrogens is 685 g/mol. The van der Waals surface area contributed by atoms with Crippen LogP contribution in [-0.4, -0.2) is 53.5 Å². The number of carbonyl (C=O) groups is 1. The molecule has 0 atom stereocenters. The fraction of sp³-hybridized carbons (Fsp3) is 0.394. The average molecular weight is 721 g/mol. The minimum atomic E-state index is -5.11. The van der Waals surface area contributed by atoms with Crippen molar-refractivity contribution in [3.63, 3.8) is 0 Å². The third kappa shape index (κ3) is 9.41. The third-order valence-corrected chi connectivity index (χ3v) is 9.53. The Morgan fingerprint density at radius 3 is 2.35 bits per heavy atom. The van der Waals surface area contributed by atoms with Gasteiger partial charge in [-0.3, -0.25) is 4.72 Å². The van der Waals surface area contributed by atoms with Crippen LogP contribution in [0.4, 0.5) is 29.7 Å². The normalized spacial score (nSPS) is 17.0. The number of pyridine rings is 1. The van der Waals surface area contributed by atoms with Gasteiger partial charge in [0.05, 0.1) is 10.5 Å². The molecule has 0 radical (unpaired) electrons. The largest absolute Gasteiger partial charge is 0.574 e. The summed E-state index contributed by atoms with van der Waals surface area (Å²) in [5.41, 5.74) is 1.12. The van der Waals surface area contributed by atoms with E-state index in [1.807, 2.05) is 27.7 Å². The second-order valence-corrected chi connectivity index (χ2v) is 14.7. The van der Waals surface area contributed by atoms with E-state index in [9.17, 15) is 26.4 Å². The van der Waals surface area contributed by atoms with E-state index < -0.39 is 39.8 Å². The molecular formula is C33H36ClF3N6O5S. The Bertz CT molecular complexity index is 1950. The van der Waals surface area contributed by atoms with Gasteiger partial charge in [0.25, 0.3) is 10.0 Å². The van der Waals surface area contributed by atoms with Crippen molar-refractivity contribution < 1.29 is 35.9 Å². The number of alkyl carbamates (subject to hydrolysis) is 1. The van der Waals surface area contributed by atoms with Crippen molar-refractivity contribution in [2.45, 2.75) is 88.7 Å². The van der Waals surface area contributed by atoms with Gasteiger partial charge in [-0.25, -0.2) is 23.2 Å². The van der Waals surface area contributed by atoms with E-state index in [1.54, 1.807) is 24.4 Å². The van der Waals surface area contributed by atoms with Crippen LogP contribution in [0.1, 0.15) is 58.9 Å². The number of benzene rings is 2. The minimum Gasteiger partial charge on any atom is -0.444 e. The molecule has 0 saturated heterocycles. The highest BCUT2D eigenvalue weighted by Crippen LogP contribution is 2.37. The summed E-state index contributed by atoms with van der Waals surface area (Å²) >= 11 is 6.03. The van der Waals surface area contributed by atoms with Crippen LogP contribution in [0.25, 0.3) is 22.0 Å². The molecule has 4 aromatic rings. The van der Waals surface area contributed by atoms with Gasteiger partial charge in [0.1, 0.15) is 16.3 Å². The molecule has 5 rings (SSSR count). The topological polar surface area (TPSA) is 144 Å². The van der Waals surface area contributed by atoms with Crippen molar-refractivity contribution >= 4 is 50.4 Å². The lowest BCUT2D eigenvalue weighted by molar-refractivity contribution is -0.275. The number of halogens is 4. The molecule has 2 aromatic heterocycles. The SMILES string of the molecule is CCc1cc(-c2ccc(NS(=O)(=O)c3ccccc3Cl)nc2OC(F)(F)F)cc2cnc(NC3CCC(NC(=O)OC(C)(C)C)CC3)nc12. The maximum atomic E-state index is 13.5. The van der Waals surface area contributed by atoms with Crippen LogP contribution in [0, 0.1) is 0 Å². The standard InChI is InChI=1S/C33H36ClF3N6O5S/c1-5-19-16-20(24-14-15-27(41-29(24)47-33(35,36)37)43-49(45,46)26-9-7-6-8-25(26)34)17-21-18-38-30(42-28(19)21)39-22-10-12-23(13-11-22)40-31(44)48-32(2,3)4/h6-9,14-18,22-23H,5,10-13H2,1-4H3,(H,40,44)(H,41,43)(H,38,39,42). The first-order chi connectivity index (χ1) is 23.0. The molecule has 2 aromatic carbocycles. The number of ether oxygens (including phenoxy) is 2.